The zero-order chi connectivity index (χ0) is 17.4. The second-order valence-corrected chi connectivity index (χ2v) is 6.08. The number of aliphatic hydroxyl groups is 1. The van der Waals surface area contributed by atoms with Gasteiger partial charge in [-0.25, -0.2) is 4.39 Å². The van der Waals surface area contributed by atoms with Gasteiger partial charge in [0.15, 0.2) is 5.60 Å². The van der Waals surface area contributed by atoms with Crippen LogP contribution in [0.3, 0.4) is 0 Å². The summed E-state index contributed by atoms with van der Waals surface area (Å²) in [7, 11) is 0. The van der Waals surface area contributed by atoms with Crippen LogP contribution < -0.4 is 4.90 Å². The van der Waals surface area contributed by atoms with E-state index < -0.39 is 11.5 Å². The molecule has 1 unspecified atom stereocenters. The summed E-state index contributed by atoms with van der Waals surface area (Å²) in [5, 5.41) is 11.3. The summed E-state index contributed by atoms with van der Waals surface area (Å²) in [5.74, 6) is -0.842. The number of halogens is 1. The Kier molecular flexibility index (Phi) is 3.62. The number of carbonyl (C=O) groups excluding carboxylic acids is 1. The standard InChI is InChI=1S/C21H16FNO2/c22-18-12-6-4-8-15(18)14-23-19-13-7-5-11-17(19)21(25,20(23)24)16-9-2-1-3-10-16/h1-13,25H,14H2. The van der Waals surface area contributed by atoms with Gasteiger partial charge in [-0.3, -0.25) is 4.79 Å². The molecule has 1 amide bonds. The van der Waals surface area contributed by atoms with Crippen molar-refractivity contribution < 1.29 is 14.3 Å². The minimum atomic E-state index is -1.76. The number of hydrogen-bond donors (Lipinski definition) is 1. The van der Waals surface area contributed by atoms with Crippen LogP contribution in [0.1, 0.15) is 16.7 Å². The fourth-order valence-corrected chi connectivity index (χ4v) is 3.35. The summed E-state index contributed by atoms with van der Waals surface area (Å²) in [5.41, 5.74) is 0.263. The van der Waals surface area contributed by atoms with Crippen LogP contribution in [0.2, 0.25) is 0 Å². The molecule has 0 saturated carbocycles. The van der Waals surface area contributed by atoms with Gasteiger partial charge in [0.25, 0.3) is 5.91 Å². The molecule has 1 aliphatic heterocycles. The van der Waals surface area contributed by atoms with E-state index in [1.807, 2.05) is 6.07 Å². The highest BCUT2D eigenvalue weighted by Crippen LogP contribution is 2.44. The highest BCUT2D eigenvalue weighted by Gasteiger charge is 2.50. The second kappa shape index (κ2) is 5.83. The quantitative estimate of drug-likeness (QED) is 0.795. The van der Waals surface area contributed by atoms with Crippen LogP contribution in [0.5, 0.6) is 0 Å². The van der Waals surface area contributed by atoms with Crippen molar-refractivity contribution in [3.05, 3.63) is 101 Å². The number of fused-ring (bicyclic) bond motifs is 1. The number of hydrogen-bond acceptors (Lipinski definition) is 2. The summed E-state index contributed by atoms with van der Waals surface area (Å²) in [6.07, 6.45) is 0. The maximum atomic E-state index is 14.1. The van der Waals surface area contributed by atoms with Gasteiger partial charge in [0.1, 0.15) is 5.82 Å². The molecule has 0 aromatic heterocycles. The van der Waals surface area contributed by atoms with Crippen molar-refractivity contribution in [1.29, 1.82) is 0 Å². The molecule has 0 aliphatic carbocycles. The molecular weight excluding hydrogens is 317 g/mol. The van der Waals surface area contributed by atoms with E-state index in [-0.39, 0.29) is 12.4 Å². The largest absolute Gasteiger partial charge is 0.372 e. The first-order valence-corrected chi connectivity index (χ1v) is 8.05. The van der Waals surface area contributed by atoms with Crippen LogP contribution in [0.25, 0.3) is 0 Å². The van der Waals surface area contributed by atoms with E-state index in [0.717, 1.165) is 0 Å². The Balaban J connectivity index is 1.83. The zero-order valence-electron chi connectivity index (χ0n) is 13.4. The van der Waals surface area contributed by atoms with Gasteiger partial charge in [-0.15, -0.1) is 0 Å². The van der Waals surface area contributed by atoms with Crippen LogP contribution >= 0.6 is 0 Å². The number of carbonyl (C=O) groups is 1. The molecule has 3 nitrogen and oxygen atoms in total. The predicted molar refractivity (Wildman–Crippen MR) is 93.5 cm³/mol. The summed E-state index contributed by atoms with van der Waals surface area (Å²) in [6.45, 7) is 0.0671. The van der Waals surface area contributed by atoms with Gasteiger partial charge in [0.05, 0.1) is 12.2 Å². The first-order chi connectivity index (χ1) is 12.1. The van der Waals surface area contributed by atoms with Crippen molar-refractivity contribution in [2.24, 2.45) is 0 Å². The molecule has 1 N–H and O–H groups in total. The third-order valence-corrected chi connectivity index (χ3v) is 4.62. The molecule has 0 bridgehead atoms. The maximum absolute atomic E-state index is 14.1. The van der Waals surface area contributed by atoms with E-state index in [9.17, 15) is 14.3 Å². The predicted octanol–water partition coefficient (Wildman–Crippen LogP) is 3.61. The molecule has 3 aromatic rings. The van der Waals surface area contributed by atoms with Crippen molar-refractivity contribution >= 4 is 11.6 Å². The zero-order valence-corrected chi connectivity index (χ0v) is 13.4. The molecule has 4 heteroatoms. The van der Waals surface area contributed by atoms with Gasteiger partial charge in [0, 0.05) is 11.1 Å². The maximum Gasteiger partial charge on any atom is 0.268 e. The molecule has 0 spiro atoms. The van der Waals surface area contributed by atoms with Gasteiger partial charge < -0.3 is 10.0 Å². The monoisotopic (exact) mass is 333 g/mol. The van der Waals surface area contributed by atoms with Gasteiger partial charge >= 0.3 is 0 Å². The second-order valence-electron chi connectivity index (χ2n) is 6.08. The highest BCUT2D eigenvalue weighted by molar-refractivity contribution is 6.09. The normalized spacial score (nSPS) is 19.1. The van der Waals surface area contributed by atoms with Crippen LogP contribution in [-0.2, 0) is 16.9 Å². The number of nitrogens with zero attached hydrogens (tertiary/aromatic N) is 1. The lowest BCUT2D eigenvalue weighted by Crippen LogP contribution is -2.41. The Morgan fingerprint density at radius 1 is 0.880 bits per heavy atom. The first-order valence-electron chi connectivity index (χ1n) is 8.05. The van der Waals surface area contributed by atoms with E-state index in [1.54, 1.807) is 66.7 Å². The molecule has 124 valence electrons. The molecule has 3 aromatic carbocycles. The lowest BCUT2D eigenvalue weighted by molar-refractivity contribution is -0.132. The third-order valence-electron chi connectivity index (χ3n) is 4.62. The Hall–Kier alpha value is -2.98. The van der Waals surface area contributed by atoms with Gasteiger partial charge in [0.2, 0.25) is 0 Å². The van der Waals surface area contributed by atoms with Crippen molar-refractivity contribution in [2.45, 2.75) is 12.1 Å². The minimum absolute atomic E-state index is 0.0671. The van der Waals surface area contributed by atoms with E-state index in [2.05, 4.69) is 0 Å². The highest BCUT2D eigenvalue weighted by atomic mass is 19.1. The SMILES string of the molecule is O=C1N(Cc2ccccc2F)c2ccccc2C1(O)c1ccccc1. The van der Waals surface area contributed by atoms with Crippen LogP contribution in [0.15, 0.2) is 78.9 Å². The molecule has 4 rings (SSSR count). The van der Waals surface area contributed by atoms with Gasteiger partial charge in [-0.1, -0.05) is 66.7 Å². The average molecular weight is 333 g/mol. The van der Waals surface area contributed by atoms with Gasteiger partial charge in [-0.2, -0.15) is 0 Å². The van der Waals surface area contributed by atoms with Crippen molar-refractivity contribution in [1.82, 2.24) is 0 Å². The fraction of sp³-hybridized carbons (Fsp3) is 0.0952. The number of anilines is 1. The first kappa shape index (κ1) is 15.5. The number of para-hydroxylation sites is 1. The lowest BCUT2D eigenvalue weighted by Gasteiger charge is -2.24. The Morgan fingerprint density at radius 2 is 1.52 bits per heavy atom. The Labute approximate surface area is 145 Å². The van der Waals surface area contributed by atoms with E-state index in [4.69, 9.17) is 0 Å². The topological polar surface area (TPSA) is 40.5 Å². The van der Waals surface area contributed by atoms with E-state index >= 15 is 0 Å². The van der Waals surface area contributed by atoms with Gasteiger partial charge in [-0.05, 0) is 17.7 Å². The van der Waals surface area contributed by atoms with Crippen molar-refractivity contribution in [3.8, 4) is 0 Å². The molecule has 1 heterocycles. The average Bonchev–Trinajstić information content (AvgIpc) is 2.87. The van der Waals surface area contributed by atoms with Crippen molar-refractivity contribution in [3.63, 3.8) is 0 Å². The fourth-order valence-electron chi connectivity index (χ4n) is 3.35. The smallest absolute Gasteiger partial charge is 0.268 e. The van der Waals surface area contributed by atoms with Crippen LogP contribution in [0.4, 0.5) is 10.1 Å². The summed E-state index contributed by atoms with van der Waals surface area (Å²) < 4.78 is 14.1. The molecular formula is C21H16FNO2. The van der Waals surface area contributed by atoms with Crippen molar-refractivity contribution in [2.75, 3.05) is 4.90 Å². The molecule has 1 atom stereocenters. The molecule has 0 saturated heterocycles. The summed E-state index contributed by atoms with van der Waals surface area (Å²) in [4.78, 5) is 14.6. The Bertz CT molecular complexity index is 941. The number of amides is 1. The van der Waals surface area contributed by atoms with Crippen LogP contribution in [0, 0.1) is 5.82 Å². The van der Waals surface area contributed by atoms with Crippen LogP contribution in [-0.4, -0.2) is 11.0 Å². The van der Waals surface area contributed by atoms with E-state index in [1.165, 1.54) is 11.0 Å². The van der Waals surface area contributed by atoms with E-state index in [0.29, 0.717) is 22.4 Å². The Morgan fingerprint density at radius 3 is 2.28 bits per heavy atom. The summed E-state index contributed by atoms with van der Waals surface area (Å²) in [6, 6.07) is 22.3. The molecule has 0 radical (unpaired) electrons. The number of rotatable bonds is 3. The summed E-state index contributed by atoms with van der Waals surface area (Å²) >= 11 is 0. The molecule has 25 heavy (non-hydrogen) atoms. The molecule has 0 fully saturated rings. The minimum Gasteiger partial charge on any atom is -0.372 e. The third kappa shape index (κ3) is 2.34. The number of benzene rings is 3. The molecule has 1 aliphatic rings. The lowest BCUT2D eigenvalue weighted by atomic mass is 9.88.